The SMILES string of the molecule is CC(NCc1ccncn1)c1cc2c(s1)CCCC2. The maximum atomic E-state index is 4.24. The summed E-state index contributed by atoms with van der Waals surface area (Å²) in [6, 6.07) is 4.75. The third kappa shape index (κ3) is 3.01. The first-order chi connectivity index (χ1) is 9.33. The van der Waals surface area contributed by atoms with E-state index in [1.807, 2.05) is 17.4 Å². The summed E-state index contributed by atoms with van der Waals surface area (Å²) in [6.45, 7) is 3.03. The molecule has 0 amide bonds. The number of fused-ring (bicyclic) bond motifs is 1. The zero-order valence-electron chi connectivity index (χ0n) is 11.2. The number of hydrogen-bond acceptors (Lipinski definition) is 4. The van der Waals surface area contributed by atoms with E-state index < -0.39 is 0 Å². The lowest BCUT2D eigenvalue weighted by molar-refractivity contribution is 0.574. The van der Waals surface area contributed by atoms with E-state index in [-0.39, 0.29) is 0 Å². The van der Waals surface area contributed by atoms with Crippen LogP contribution in [0.25, 0.3) is 0 Å². The van der Waals surface area contributed by atoms with Crippen LogP contribution in [0.4, 0.5) is 0 Å². The summed E-state index contributed by atoms with van der Waals surface area (Å²) >= 11 is 1.98. The van der Waals surface area contributed by atoms with Crippen LogP contribution in [0.3, 0.4) is 0 Å². The van der Waals surface area contributed by atoms with Gasteiger partial charge >= 0.3 is 0 Å². The third-order valence-corrected chi connectivity index (χ3v) is 5.09. The van der Waals surface area contributed by atoms with Gasteiger partial charge in [0.15, 0.2) is 0 Å². The van der Waals surface area contributed by atoms with Gasteiger partial charge in [-0.2, -0.15) is 0 Å². The molecule has 2 heterocycles. The molecule has 1 unspecified atom stereocenters. The largest absolute Gasteiger partial charge is 0.304 e. The maximum absolute atomic E-state index is 4.24. The molecule has 0 fully saturated rings. The zero-order valence-corrected chi connectivity index (χ0v) is 12.0. The Morgan fingerprint density at radius 3 is 3.05 bits per heavy atom. The van der Waals surface area contributed by atoms with Crippen molar-refractivity contribution in [2.75, 3.05) is 0 Å². The first-order valence-corrected chi connectivity index (χ1v) is 7.74. The van der Waals surface area contributed by atoms with E-state index in [0.29, 0.717) is 6.04 Å². The Morgan fingerprint density at radius 1 is 1.37 bits per heavy atom. The van der Waals surface area contributed by atoms with E-state index in [9.17, 15) is 0 Å². The number of rotatable bonds is 4. The molecule has 1 aliphatic rings. The third-order valence-electron chi connectivity index (χ3n) is 3.68. The van der Waals surface area contributed by atoms with Crippen LogP contribution >= 0.6 is 11.3 Å². The highest BCUT2D eigenvalue weighted by Crippen LogP contribution is 2.32. The van der Waals surface area contributed by atoms with E-state index in [0.717, 1.165) is 12.2 Å². The fourth-order valence-corrected chi connectivity index (χ4v) is 3.79. The van der Waals surface area contributed by atoms with Gasteiger partial charge in [-0.1, -0.05) is 0 Å². The summed E-state index contributed by atoms with van der Waals surface area (Å²) in [4.78, 5) is 11.2. The lowest BCUT2D eigenvalue weighted by Crippen LogP contribution is -2.17. The number of aromatic nitrogens is 2. The summed E-state index contributed by atoms with van der Waals surface area (Å²) in [6.07, 6.45) is 8.65. The van der Waals surface area contributed by atoms with Gasteiger partial charge in [-0.15, -0.1) is 11.3 Å². The minimum absolute atomic E-state index is 0.394. The fourth-order valence-electron chi connectivity index (χ4n) is 2.51. The Hall–Kier alpha value is -1.26. The van der Waals surface area contributed by atoms with Gasteiger partial charge in [0.25, 0.3) is 0 Å². The van der Waals surface area contributed by atoms with Crippen LogP contribution in [0.2, 0.25) is 0 Å². The van der Waals surface area contributed by atoms with Gasteiger partial charge in [0.05, 0.1) is 5.69 Å². The van der Waals surface area contributed by atoms with Crippen LogP contribution in [0.15, 0.2) is 24.7 Å². The van der Waals surface area contributed by atoms with Crippen molar-refractivity contribution in [2.24, 2.45) is 0 Å². The fraction of sp³-hybridized carbons (Fsp3) is 0.467. The maximum Gasteiger partial charge on any atom is 0.115 e. The molecule has 4 heteroatoms. The summed E-state index contributed by atoms with van der Waals surface area (Å²) in [7, 11) is 0. The van der Waals surface area contributed by atoms with Crippen molar-refractivity contribution >= 4 is 11.3 Å². The Labute approximate surface area is 118 Å². The van der Waals surface area contributed by atoms with Crippen molar-refractivity contribution in [2.45, 2.75) is 45.2 Å². The molecule has 2 aromatic rings. The van der Waals surface area contributed by atoms with Gasteiger partial charge in [0, 0.05) is 28.5 Å². The molecule has 1 atom stereocenters. The quantitative estimate of drug-likeness (QED) is 0.929. The molecular weight excluding hydrogens is 254 g/mol. The topological polar surface area (TPSA) is 37.8 Å². The molecule has 0 bridgehead atoms. The van der Waals surface area contributed by atoms with Crippen LogP contribution < -0.4 is 5.32 Å². The monoisotopic (exact) mass is 273 g/mol. The summed E-state index contributed by atoms with van der Waals surface area (Å²) in [5, 5.41) is 3.54. The summed E-state index contributed by atoms with van der Waals surface area (Å²) in [5.74, 6) is 0. The van der Waals surface area contributed by atoms with E-state index >= 15 is 0 Å². The average molecular weight is 273 g/mol. The van der Waals surface area contributed by atoms with Crippen molar-refractivity contribution in [1.82, 2.24) is 15.3 Å². The second-order valence-corrected chi connectivity index (χ2v) is 6.28. The number of thiophene rings is 1. The lowest BCUT2D eigenvalue weighted by Gasteiger charge is -2.11. The predicted molar refractivity (Wildman–Crippen MR) is 78.2 cm³/mol. The zero-order chi connectivity index (χ0) is 13.1. The smallest absolute Gasteiger partial charge is 0.115 e. The minimum Gasteiger partial charge on any atom is -0.304 e. The molecule has 2 aromatic heterocycles. The molecule has 19 heavy (non-hydrogen) atoms. The predicted octanol–water partition coefficient (Wildman–Crippen LogP) is 3.27. The Morgan fingerprint density at radius 2 is 2.26 bits per heavy atom. The van der Waals surface area contributed by atoms with Crippen LogP contribution in [0.5, 0.6) is 0 Å². The highest BCUT2D eigenvalue weighted by molar-refractivity contribution is 7.12. The van der Waals surface area contributed by atoms with Crippen molar-refractivity contribution in [3.63, 3.8) is 0 Å². The van der Waals surface area contributed by atoms with Gasteiger partial charge in [-0.3, -0.25) is 0 Å². The van der Waals surface area contributed by atoms with Gasteiger partial charge in [0.2, 0.25) is 0 Å². The van der Waals surface area contributed by atoms with Crippen LogP contribution in [-0.4, -0.2) is 9.97 Å². The number of nitrogens with one attached hydrogen (secondary N) is 1. The van der Waals surface area contributed by atoms with E-state index in [1.54, 1.807) is 23.0 Å². The second kappa shape index (κ2) is 5.80. The van der Waals surface area contributed by atoms with Crippen LogP contribution in [0, 0.1) is 0 Å². The molecular formula is C15H19N3S. The molecule has 1 aliphatic carbocycles. The van der Waals surface area contributed by atoms with Crippen molar-refractivity contribution in [3.05, 3.63) is 45.7 Å². The van der Waals surface area contributed by atoms with Crippen LogP contribution in [0.1, 0.15) is 46.8 Å². The Balaban J connectivity index is 1.64. The molecule has 0 radical (unpaired) electrons. The molecule has 100 valence electrons. The van der Waals surface area contributed by atoms with E-state index in [1.165, 1.54) is 30.6 Å². The van der Waals surface area contributed by atoms with E-state index in [4.69, 9.17) is 0 Å². The van der Waals surface area contributed by atoms with Crippen molar-refractivity contribution in [3.8, 4) is 0 Å². The van der Waals surface area contributed by atoms with Crippen molar-refractivity contribution in [1.29, 1.82) is 0 Å². The van der Waals surface area contributed by atoms with Gasteiger partial charge < -0.3 is 5.32 Å². The minimum atomic E-state index is 0.394. The molecule has 0 saturated heterocycles. The lowest BCUT2D eigenvalue weighted by atomic mass is 9.99. The standard InChI is InChI=1S/C15H19N3S/c1-11(17-9-13-6-7-16-10-18-13)15-8-12-4-2-3-5-14(12)19-15/h6-8,10-11,17H,2-5,9H2,1H3. The van der Waals surface area contributed by atoms with Crippen molar-refractivity contribution < 1.29 is 0 Å². The summed E-state index contributed by atoms with van der Waals surface area (Å²) in [5.41, 5.74) is 2.63. The Bertz CT molecular complexity index is 512. The first-order valence-electron chi connectivity index (χ1n) is 6.92. The molecule has 3 nitrogen and oxygen atoms in total. The van der Waals surface area contributed by atoms with E-state index in [2.05, 4.69) is 28.3 Å². The highest BCUT2D eigenvalue weighted by atomic mass is 32.1. The molecule has 1 N–H and O–H groups in total. The normalized spacial score (nSPS) is 16.1. The number of aryl methyl sites for hydroxylation is 2. The van der Waals surface area contributed by atoms with Gasteiger partial charge in [-0.05, 0) is 50.3 Å². The molecule has 0 spiro atoms. The number of hydrogen-bond donors (Lipinski definition) is 1. The number of nitrogens with zero attached hydrogens (tertiary/aromatic N) is 2. The molecule has 3 rings (SSSR count). The average Bonchev–Trinajstić information content (AvgIpc) is 2.90. The molecule has 0 aromatic carbocycles. The highest BCUT2D eigenvalue weighted by Gasteiger charge is 2.16. The molecule has 0 saturated carbocycles. The Kier molecular flexibility index (Phi) is 3.89. The summed E-state index contributed by atoms with van der Waals surface area (Å²) < 4.78 is 0. The first kappa shape index (κ1) is 12.8. The van der Waals surface area contributed by atoms with Gasteiger partial charge in [-0.25, -0.2) is 9.97 Å². The van der Waals surface area contributed by atoms with Crippen LogP contribution in [-0.2, 0) is 19.4 Å². The van der Waals surface area contributed by atoms with Gasteiger partial charge in [0.1, 0.15) is 6.33 Å². The second-order valence-electron chi connectivity index (χ2n) is 5.11. The molecule has 0 aliphatic heterocycles.